The smallest absolute Gasteiger partial charge is 0.294 e. The van der Waals surface area contributed by atoms with Crippen molar-refractivity contribution in [2.45, 2.75) is 18.7 Å². The van der Waals surface area contributed by atoms with E-state index in [1.54, 1.807) is 6.92 Å². The van der Waals surface area contributed by atoms with Crippen LogP contribution in [0.25, 0.3) is 0 Å². The van der Waals surface area contributed by atoms with Gasteiger partial charge in [0.25, 0.3) is 10.1 Å². The quantitative estimate of drug-likeness (QED) is 0.847. The standard InChI is InChI=1S/C10H12O5S2/c1-4-16(11)15-9-5-8(3)10(6-7(9)2)17(12,13)14/h4-6H,1H2,2-3H3,(H,12,13,14). The average molecular weight is 276 g/mol. The maximum Gasteiger partial charge on any atom is 0.294 e. The molecule has 5 nitrogen and oxygen atoms in total. The Kier molecular flexibility index (Phi) is 4.07. The Morgan fingerprint density at radius 2 is 1.94 bits per heavy atom. The normalized spacial score (nSPS) is 13.1. The molecular formula is C10H12O5S2. The fraction of sp³-hybridized carbons (Fsp3) is 0.200. The van der Waals surface area contributed by atoms with E-state index in [1.807, 2.05) is 0 Å². The van der Waals surface area contributed by atoms with Crippen molar-refractivity contribution in [1.82, 2.24) is 0 Å². The number of benzene rings is 1. The molecule has 1 atom stereocenters. The molecule has 0 radical (unpaired) electrons. The molecule has 1 aromatic rings. The average Bonchev–Trinajstić information content (AvgIpc) is 2.21. The van der Waals surface area contributed by atoms with Crippen molar-refractivity contribution < 1.29 is 21.4 Å². The Morgan fingerprint density at radius 1 is 1.35 bits per heavy atom. The zero-order chi connectivity index (χ0) is 13.2. The lowest BCUT2D eigenvalue weighted by molar-refractivity contribution is 0.482. The van der Waals surface area contributed by atoms with Crippen molar-refractivity contribution in [2.75, 3.05) is 0 Å². The van der Waals surface area contributed by atoms with Crippen LogP contribution >= 0.6 is 0 Å². The molecule has 94 valence electrons. The molecule has 1 rings (SSSR count). The number of rotatable bonds is 4. The fourth-order valence-corrected chi connectivity index (χ4v) is 2.47. The van der Waals surface area contributed by atoms with Crippen molar-refractivity contribution in [1.29, 1.82) is 0 Å². The summed E-state index contributed by atoms with van der Waals surface area (Å²) in [4.78, 5) is -0.188. The Hall–Kier alpha value is -1.18. The minimum absolute atomic E-state index is 0.188. The molecule has 0 bridgehead atoms. The van der Waals surface area contributed by atoms with Gasteiger partial charge in [0.1, 0.15) is 5.75 Å². The van der Waals surface area contributed by atoms with Gasteiger partial charge in [0.2, 0.25) is 11.1 Å². The molecular weight excluding hydrogens is 264 g/mol. The van der Waals surface area contributed by atoms with Crippen LogP contribution in [-0.2, 0) is 21.2 Å². The molecule has 1 unspecified atom stereocenters. The van der Waals surface area contributed by atoms with Gasteiger partial charge in [-0.2, -0.15) is 8.42 Å². The first-order valence-electron chi connectivity index (χ1n) is 4.56. The second-order valence-corrected chi connectivity index (χ2v) is 5.78. The summed E-state index contributed by atoms with van der Waals surface area (Å²) >= 11 is -1.67. The van der Waals surface area contributed by atoms with Crippen molar-refractivity contribution in [3.63, 3.8) is 0 Å². The van der Waals surface area contributed by atoms with E-state index in [9.17, 15) is 12.6 Å². The Morgan fingerprint density at radius 3 is 2.41 bits per heavy atom. The minimum atomic E-state index is -4.26. The predicted molar refractivity (Wildman–Crippen MR) is 64.7 cm³/mol. The summed E-state index contributed by atoms with van der Waals surface area (Å²) in [6, 6.07) is 2.67. The monoisotopic (exact) mass is 276 g/mol. The molecule has 0 saturated heterocycles. The molecule has 17 heavy (non-hydrogen) atoms. The molecule has 0 fully saturated rings. The largest absolute Gasteiger partial charge is 0.397 e. The summed E-state index contributed by atoms with van der Waals surface area (Å²) in [6.45, 7) is 6.40. The van der Waals surface area contributed by atoms with E-state index < -0.39 is 21.2 Å². The summed E-state index contributed by atoms with van der Waals surface area (Å²) in [6.07, 6.45) is 0. The van der Waals surface area contributed by atoms with Crippen LogP contribution in [0.4, 0.5) is 0 Å². The lowest BCUT2D eigenvalue weighted by Crippen LogP contribution is -2.04. The second-order valence-electron chi connectivity index (χ2n) is 3.37. The first-order valence-corrected chi connectivity index (χ1v) is 7.13. The summed E-state index contributed by atoms with van der Waals surface area (Å²) in [5, 5.41) is 1.12. The number of aryl methyl sites for hydroxylation is 2. The Labute approximate surface area is 103 Å². The van der Waals surface area contributed by atoms with Gasteiger partial charge in [0, 0.05) is 5.41 Å². The molecule has 0 amide bonds. The van der Waals surface area contributed by atoms with E-state index in [-0.39, 0.29) is 10.6 Å². The third-order valence-electron chi connectivity index (χ3n) is 2.06. The van der Waals surface area contributed by atoms with Crippen LogP contribution in [0.5, 0.6) is 5.75 Å². The van der Waals surface area contributed by atoms with Gasteiger partial charge >= 0.3 is 0 Å². The molecule has 1 N–H and O–H groups in total. The van der Waals surface area contributed by atoms with Gasteiger partial charge in [-0.3, -0.25) is 4.55 Å². The highest BCUT2D eigenvalue weighted by Gasteiger charge is 2.16. The zero-order valence-electron chi connectivity index (χ0n) is 9.34. The van der Waals surface area contributed by atoms with Crippen molar-refractivity contribution >= 4 is 21.2 Å². The maximum atomic E-state index is 11.1. The summed E-state index contributed by atoms with van der Waals surface area (Å²) in [7, 11) is -4.26. The lowest BCUT2D eigenvalue weighted by Gasteiger charge is -2.09. The highest BCUT2D eigenvalue weighted by molar-refractivity contribution is 7.86. The zero-order valence-corrected chi connectivity index (χ0v) is 11.0. The third-order valence-corrected chi connectivity index (χ3v) is 3.67. The van der Waals surface area contributed by atoms with E-state index in [1.165, 1.54) is 19.1 Å². The van der Waals surface area contributed by atoms with Crippen LogP contribution in [-0.4, -0.2) is 17.2 Å². The first-order chi connectivity index (χ1) is 7.75. The van der Waals surface area contributed by atoms with Gasteiger partial charge < -0.3 is 4.18 Å². The van der Waals surface area contributed by atoms with E-state index in [2.05, 4.69) is 6.58 Å². The summed E-state index contributed by atoms with van der Waals surface area (Å²) in [5.41, 5.74) is 0.771. The molecule has 0 spiro atoms. The first kappa shape index (κ1) is 13.9. The molecule has 0 aliphatic rings. The van der Waals surface area contributed by atoms with Crippen LogP contribution in [0.15, 0.2) is 29.0 Å². The highest BCUT2D eigenvalue weighted by Crippen LogP contribution is 2.26. The number of hydrogen-bond acceptors (Lipinski definition) is 4. The second kappa shape index (κ2) is 4.99. The topological polar surface area (TPSA) is 80.7 Å². The van der Waals surface area contributed by atoms with Crippen LogP contribution in [0.2, 0.25) is 0 Å². The van der Waals surface area contributed by atoms with Crippen molar-refractivity contribution in [3.8, 4) is 5.75 Å². The van der Waals surface area contributed by atoms with Crippen LogP contribution in [0.1, 0.15) is 11.1 Å². The maximum absolute atomic E-state index is 11.1. The SMILES string of the molecule is C=CS(=O)Oc1cc(C)c(S(=O)(=O)O)cc1C. The highest BCUT2D eigenvalue weighted by atomic mass is 32.2. The molecule has 1 aromatic carbocycles. The fourth-order valence-electron chi connectivity index (χ4n) is 1.25. The summed E-state index contributed by atoms with van der Waals surface area (Å²) in [5.74, 6) is 0.285. The Balaban J connectivity index is 3.28. The molecule has 0 saturated carbocycles. The van der Waals surface area contributed by atoms with Crippen molar-refractivity contribution in [3.05, 3.63) is 35.2 Å². The summed E-state index contributed by atoms with van der Waals surface area (Å²) < 4.78 is 47.2. The molecule has 0 heterocycles. The van der Waals surface area contributed by atoms with E-state index in [0.29, 0.717) is 11.1 Å². The molecule has 0 aliphatic heterocycles. The van der Waals surface area contributed by atoms with Crippen LogP contribution < -0.4 is 4.18 Å². The third kappa shape index (κ3) is 3.39. The van der Waals surface area contributed by atoms with Gasteiger partial charge in [-0.05, 0) is 37.1 Å². The van der Waals surface area contributed by atoms with E-state index in [0.717, 1.165) is 5.41 Å². The van der Waals surface area contributed by atoms with E-state index >= 15 is 0 Å². The van der Waals surface area contributed by atoms with Crippen LogP contribution in [0.3, 0.4) is 0 Å². The molecule has 7 heteroatoms. The lowest BCUT2D eigenvalue weighted by atomic mass is 10.1. The minimum Gasteiger partial charge on any atom is -0.397 e. The van der Waals surface area contributed by atoms with Gasteiger partial charge in [-0.1, -0.05) is 6.58 Å². The van der Waals surface area contributed by atoms with Gasteiger partial charge in [0.05, 0.1) is 4.90 Å². The number of hydrogen-bond donors (Lipinski definition) is 1. The van der Waals surface area contributed by atoms with Gasteiger partial charge in [-0.15, -0.1) is 0 Å². The van der Waals surface area contributed by atoms with Gasteiger partial charge in [0.15, 0.2) is 0 Å². The van der Waals surface area contributed by atoms with Crippen LogP contribution in [0, 0.1) is 13.8 Å². The Bertz CT molecular complexity index is 575. The van der Waals surface area contributed by atoms with Crippen molar-refractivity contribution in [2.24, 2.45) is 0 Å². The molecule has 0 aliphatic carbocycles. The van der Waals surface area contributed by atoms with Gasteiger partial charge in [-0.25, -0.2) is 4.21 Å². The molecule has 0 aromatic heterocycles. The predicted octanol–water partition coefficient (Wildman–Crippen LogP) is 1.74. The van der Waals surface area contributed by atoms with E-state index in [4.69, 9.17) is 8.74 Å².